The molecule has 2 atom stereocenters. The minimum absolute atomic E-state index is 0.368. The van der Waals surface area contributed by atoms with Gasteiger partial charge < -0.3 is 5.32 Å². The first-order valence-electron chi connectivity index (χ1n) is 6.11. The summed E-state index contributed by atoms with van der Waals surface area (Å²) < 4.78 is 28.1. The highest BCUT2D eigenvalue weighted by molar-refractivity contribution is 7.87. The standard InChI is InChI=1S/C10H21N3O2S/c1-2-5-12-16(14,15)13-7-9-4-3-6-11-10(9)8-13/h9-12H,2-8H2,1H3/t9-,10+/m0/s1. The quantitative estimate of drug-likeness (QED) is 0.730. The Morgan fingerprint density at radius 3 is 2.94 bits per heavy atom. The van der Waals surface area contributed by atoms with Crippen LogP contribution in [0.3, 0.4) is 0 Å². The zero-order valence-electron chi connectivity index (χ0n) is 9.78. The lowest BCUT2D eigenvalue weighted by molar-refractivity contribution is 0.339. The fourth-order valence-corrected chi connectivity index (χ4v) is 3.92. The first-order chi connectivity index (χ1) is 7.63. The SMILES string of the molecule is CCCNS(=O)(=O)N1C[C@@H]2CCCN[C@@H]2C1. The van der Waals surface area contributed by atoms with E-state index in [0.29, 0.717) is 31.6 Å². The maximum absolute atomic E-state index is 11.9. The van der Waals surface area contributed by atoms with Gasteiger partial charge in [0.2, 0.25) is 0 Å². The molecule has 0 amide bonds. The molecule has 0 spiro atoms. The average Bonchev–Trinajstić information content (AvgIpc) is 2.71. The topological polar surface area (TPSA) is 61.4 Å². The van der Waals surface area contributed by atoms with E-state index in [2.05, 4.69) is 10.0 Å². The van der Waals surface area contributed by atoms with E-state index in [1.165, 1.54) is 0 Å². The maximum atomic E-state index is 11.9. The van der Waals surface area contributed by atoms with Crippen LogP contribution >= 0.6 is 0 Å². The molecule has 0 bridgehead atoms. The Balaban J connectivity index is 1.96. The van der Waals surface area contributed by atoms with Crippen molar-refractivity contribution in [3.8, 4) is 0 Å². The van der Waals surface area contributed by atoms with Gasteiger partial charge in [0, 0.05) is 25.7 Å². The molecule has 0 aromatic heterocycles. The summed E-state index contributed by atoms with van der Waals surface area (Å²) in [6, 6.07) is 0.368. The molecule has 0 aromatic carbocycles. The Morgan fingerprint density at radius 2 is 2.25 bits per heavy atom. The fraction of sp³-hybridized carbons (Fsp3) is 1.00. The van der Waals surface area contributed by atoms with Crippen LogP contribution in [0.5, 0.6) is 0 Å². The molecule has 2 aliphatic rings. The summed E-state index contributed by atoms with van der Waals surface area (Å²) >= 11 is 0. The average molecular weight is 247 g/mol. The van der Waals surface area contributed by atoms with E-state index in [-0.39, 0.29) is 0 Å². The van der Waals surface area contributed by atoms with E-state index < -0.39 is 10.2 Å². The summed E-state index contributed by atoms with van der Waals surface area (Å²) in [5.74, 6) is 0.506. The molecule has 0 saturated carbocycles. The molecule has 0 unspecified atom stereocenters. The Labute approximate surface area is 97.8 Å². The van der Waals surface area contributed by atoms with Gasteiger partial charge in [-0.15, -0.1) is 0 Å². The van der Waals surface area contributed by atoms with Crippen molar-refractivity contribution in [2.75, 3.05) is 26.2 Å². The van der Waals surface area contributed by atoms with Gasteiger partial charge >= 0.3 is 0 Å². The number of hydrogen-bond donors (Lipinski definition) is 2. The van der Waals surface area contributed by atoms with Crippen molar-refractivity contribution >= 4 is 10.2 Å². The minimum Gasteiger partial charge on any atom is -0.312 e. The first kappa shape index (κ1) is 12.3. The first-order valence-corrected chi connectivity index (χ1v) is 7.55. The number of piperidine rings is 1. The lowest BCUT2D eigenvalue weighted by Crippen LogP contribution is -2.42. The molecule has 2 N–H and O–H groups in total. The number of nitrogens with one attached hydrogen (secondary N) is 2. The predicted molar refractivity (Wildman–Crippen MR) is 63.3 cm³/mol. The van der Waals surface area contributed by atoms with Gasteiger partial charge in [0.15, 0.2) is 0 Å². The van der Waals surface area contributed by atoms with Crippen molar-refractivity contribution in [3.05, 3.63) is 0 Å². The van der Waals surface area contributed by atoms with Crippen molar-refractivity contribution in [3.63, 3.8) is 0 Å². The van der Waals surface area contributed by atoms with Gasteiger partial charge in [-0.05, 0) is 31.7 Å². The van der Waals surface area contributed by atoms with Crippen molar-refractivity contribution < 1.29 is 8.42 Å². The third-order valence-corrected chi connectivity index (χ3v) is 4.99. The van der Waals surface area contributed by atoms with Crippen LogP contribution in [-0.4, -0.2) is 44.9 Å². The lowest BCUT2D eigenvalue weighted by atomic mass is 9.94. The molecule has 0 aliphatic carbocycles. The summed E-state index contributed by atoms with van der Waals surface area (Å²) in [5.41, 5.74) is 0. The maximum Gasteiger partial charge on any atom is 0.279 e. The highest BCUT2D eigenvalue weighted by atomic mass is 32.2. The monoisotopic (exact) mass is 247 g/mol. The molecule has 0 aromatic rings. The van der Waals surface area contributed by atoms with Crippen LogP contribution in [-0.2, 0) is 10.2 Å². The minimum atomic E-state index is -3.24. The Kier molecular flexibility index (Phi) is 3.84. The van der Waals surface area contributed by atoms with Crippen LogP contribution in [0.2, 0.25) is 0 Å². The van der Waals surface area contributed by atoms with Crippen LogP contribution in [0.4, 0.5) is 0 Å². The molecule has 2 aliphatic heterocycles. The second kappa shape index (κ2) is 5.00. The summed E-state index contributed by atoms with van der Waals surface area (Å²) in [7, 11) is -3.24. The summed E-state index contributed by atoms with van der Waals surface area (Å²) in [4.78, 5) is 0. The number of hydrogen-bond acceptors (Lipinski definition) is 3. The Bertz CT molecular complexity index is 317. The fourth-order valence-electron chi connectivity index (χ4n) is 2.53. The van der Waals surface area contributed by atoms with E-state index in [1.54, 1.807) is 4.31 Å². The van der Waals surface area contributed by atoms with Crippen molar-refractivity contribution in [2.45, 2.75) is 32.2 Å². The zero-order chi connectivity index (χ0) is 11.6. The Hall–Kier alpha value is -0.170. The molecular formula is C10H21N3O2S. The molecule has 5 nitrogen and oxygen atoms in total. The smallest absolute Gasteiger partial charge is 0.279 e. The van der Waals surface area contributed by atoms with Crippen molar-refractivity contribution in [1.82, 2.24) is 14.3 Å². The van der Waals surface area contributed by atoms with Gasteiger partial charge in [-0.2, -0.15) is 12.7 Å². The van der Waals surface area contributed by atoms with Gasteiger partial charge in [0.05, 0.1) is 0 Å². The van der Waals surface area contributed by atoms with E-state index in [0.717, 1.165) is 25.8 Å². The van der Waals surface area contributed by atoms with Crippen LogP contribution in [0.25, 0.3) is 0 Å². The molecule has 16 heavy (non-hydrogen) atoms. The second-order valence-corrected chi connectivity index (χ2v) is 6.43. The molecule has 0 radical (unpaired) electrons. The van der Waals surface area contributed by atoms with Crippen LogP contribution in [0.1, 0.15) is 26.2 Å². The summed E-state index contributed by atoms with van der Waals surface area (Å²) in [5, 5.41) is 3.41. The van der Waals surface area contributed by atoms with Crippen molar-refractivity contribution in [2.24, 2.45) is 5.92 Å². The van der Waals surface area contributed by atoms with Gasteiger partial charge in [-0.25, -0.2) is 4.72 Å². The van der Waals surface area contributed by atoms with Crippen molar-refractivity contribution in [1.29, 1.82) is 0 Å². The highest BCUT2D eigenvalue weighted by Gasteiger charge is 2.39. The van der Waals surface area contributed by atoms with Gasteiger partial charge in [0.25, 0.3) is 10.2 Å². The van der Waals surface area contributed by atoms with E-state index in [4.69, 9.17) is 0 Å². The number of rotatable bonds is 4. The van der Waals surface area contributed by atoms with Crippen LogP contribution in [0.15, 0.2) is 0 Å². The molecular weight excluding hydrogens is 226 g/mol. The zero-order valence-corrected chi connectivity index (χ0v) is 10.6. The third kappa shape index (κ3) is 2.56. The van der Waals surface area contributed by atoms with Gasteiger partial charge in [-0.1, -0.05) is 6.92 Å². The normalized spacial score (nSPS) is 31.6. The van der Waals surface area contributed by atoms with E-state index in [1.807, 2.05) is 6.92 Å². The van der Waals surface area contributed by atoms with Gasteiger partial charge in [-0.3, -0.25) is 0 Å². The number of nitrogens with zero attached hydrogens (tertiary/aromatic N) is 1. The molecule has 6 heteroatoms. The summed E-state index contributed by atoms with van der Waals surface area (Å²) in [6.07, 6.45) is 3.15. The van der Waals surface area contributed by atoms with Gasteiger partial charge in [0.1, 0.15) is 0 Å². The van der Waals surface area contributed by atoms with Crippen LogP contribution < -0.4 is 10.0 Å². The molecule has 2 rings (SSSR count). The van der Waals surface area contributed by atoms with E-state index >= 15 is 0 Å². The summed E-state index contributed by atoms with van der Waals surface area (Å²) in [6.45, 7) is 4.83. The molecule has 2 fully saturated rings. The largest absolute Gasteiger partial charge is 0.312 e. The molecule has 94 valence electrons. The third-order valence-electron chi connectivity index (χ3n) is 3.44. The van der Waals surface area contributed by atoms with E-state index in [9.17, 15) is 8.42 Å². The Morgan fingerprint density at radius 1 is 1.44 bits per heavy atom. The van der Waals surface area contributed by atoms with Crippen LogP contribution in [0, 0.1) is 5.92 Å². The predicted octanol–water partition coefficient (Wildman–Crippen LogP) is -0.0854. The molecule has 2 saturated heterocycles. The highest BCUT2D eigenvalue weighted by Crippen LogP contribution is 2.26. The number of fused-ring (bicyclic) bond motifs is 1. The lowest BCUT2D eigenvalue weighted by Gasteiger charge is -2.24. The molecule has 2 heterocycles. The second-order valence-electron chi connectivity index (χ2n) is 4.68.